The second-order valence-corrected chi connectivity index (χ2v) is 6.89. The van der Waals surface area contributed by atoms with Gasteiger partial charge in [0.1, 0.15) is 0 Å². The molecule has 3 heterocycles. The van der Waals surface area contributed by atoms with Gasteiger partial charge in [-0.2, -0.15) is 19.7 Å². The summed E-state index contributed by atoms with van der Waals surface area (Å²) in [5.41, 5.74) is 6.02. The van der Waals surface area contributed by atoms with Crippen LogP contribution >= 0.6 is 0 Å². The molecule has 3 aromatic heterocycles. The fraction of sp³-hybridized carbons (Fsp3) is 0.389. The second kappa shape index (κ2) is 6.26. The highest BCUT2D eigenvalue weighted by Gasteiger charge is 2.28. The normalized spacial score (nSPS) is 14.4. The minimum absolute atomic E-state index is 0.244. The number of amides is 1. The number of pyridine rings is 1. The zero-order valence-electron chi connectivity index (χ0n) is 15.6. The number of hydrazone groups is 1. The van der Waals surface area contributed by atoms with Crippen molar-refractivity contribution in [3.05, 3.63) is 40.2 Å². The first-order valence-corrected chi connectivity index (χ1v) is 8.73. The van der Waals surface area contributed by atoms with E-state index < -0.39 is 5.95 Å². The topological polar surface area (TPSA) is 90.0 Å². The number of nitrogens with zero attached hydrogens (tertiary/aromatic N) is 6. The van der Waals surface area contributed by atoms with E-state index in [4.69, 9.17) is 0 Å². The summed E-state index contributed by atoms with van der Waals surface area (Å²) in [5.74, 6) is -0.485. The Bertz CT molecular complexity index is 1090. The van der Waals surface area contributed by atoms with Gasteiger partial charge >= 0.3 is 0 Å². The van der Waals surface area contributed by atoms with Gasteiger partial charge < -0.3 is 0 Å². The van der Waals surface area contributed by atoms with Gasteiger partial charge in [0.15, 0.2) is 5.65 Å². The van der Waals surface area contributed by atoms with Gasteiger partial charge in [-0.1, -0.05) is 0 Å². The molecule has 0 spiro atoms. The third kappa shape index (κ3) is 2.98. The lowest BCUT2D eigenvalue weighted by Gasteiger charge is -2.06. The van der Waals surface area contributed by atoms with Crippen molar-refractivity contribution < 1.29 is 9.18 Å². The van der Waals surface area contributed by atoms with Crippen LogP contribution in [0.2, 0.25) is 0 Å². The van der Waals surface area contributed by atoms with Gasteiger partial charge in [0.2, 0.25) is 5.95 Å². The molecule has 3 aromatic rings. The molecule has 0 saturated heterocycles. The van der Waals surface area contributed by atoms with Crippen LogP contribution in [0.15, 0.2) is 11.2 Å². The lowest BCUT2D eigenvalue weighted by Crippen LogP contribution is -2.19. The number of fused-ring (bicyclic) bond motifs is 1. The minimum atomic E-state index is -0.504. The molecule has 0 aromatic carbocycles. The summed E-state index contributed by atoms with van der Waals surface area (Å²) in [5, 5.41) is 13.0. The number of hydrogen-bond acceptors (Lipinski definition) is 5. The van der Waals surface area contributed by atoms with Crippen molar-refractivity contribution >= 4 is 23.2 Å². The van der Waals surface area contributed by atoms with Crippen LogP contribution in [0.4, 0.5) is 4.39 Å². The summed E-state index contributed by atoms with van der Waals surface area (Å²) < 4.78 is 16.8. The number of rotatable bonds is 4. The molecule has 4 rings (SSSR count). The lowest BCUT2D eigenvalue weighted by molar-refractivity contribution is 0.0956. The molecule has 27 heavy (non-hydrogen) atoms. The third-order valence-electron chi connectivity index (χ3n) is 4.78. The van der Waals surface area contributed by atoms with E-state index in [1.54, 1.807) is 11.6 Å². The van der Waals surface area contributed by atoms with E-state index in [1.807, 2.05) is 20.0 Å². The van der Waals surface area contributed by atoms with Crippen LogP contribution < -0.4 is 5.43 Å². The standard InChI is InChI=1S/C18H20FN7O/c1-9-13(16(19)25(3)23-9)8-20-22-18(27)12-7-14(11-5-6-11)21-17-15(12)10(2)24-26(17)4/h7-8,11H,5-6H2,1-4H3,(H,22,27). The van der Waals surface area contributed by atoms with Crippen LogP contribution in [0, 0.1) is 19.8 Å². The number of carbonyl (C=O) groups is 1. The smallest absolute Gasteiger partial charge is 0.267 e. The Morgan fingerprint density at radius 1 is 1.26 bits per heavy atom. The van der Waals surface area contributed by atoms with Crippen LogP contribution in [0.5, 0.6) is 0 Å². The quantitative estimate of drug-likeness (QED) is 0.563. The Labute approximate surface area is 155 Å². The molecule has 0 aliphatic heterocycles. The van der Waals surface area contributed by atoms with Gasteiger partial charge in [0.25, 0.3) is 5.91 Å². The molecular formula is C18H20FN7O. The zero-order valence-corrected chi connectivity index (χ0v) is 15.6. The number of halogens is 1. The average Bonchev–Trinajstić information content (AvgIpc) is 3.39. The Hall–Kier alpha value is -3.10. The van der Waals surface area contributed by atoms with Crippen LogP contribution in [-0.2, 0) is 14.1 Å². The Morgan fingerprint density at radius 3 is 2.59 bits per heavy atom. The van der Waals surface area contributed by atoms with E-state index in [0.717, 1.165) is 28.9 Å². The van der Waals surface area contributed by atoms with Crippen molar-refractivity contribution in [2.75, 3.05) is 0 Å². The molecule has 0 atom stereocenters. The molecule has 8 nitrogen and oxygen atoms in total. The fourth-order valence-electron chi connectivity index (χ4n) is 3.24. The van der Waals surface area contributed by atoms with Gasteiger partial charge in [-0.25, -0.2) is 15.1 Å². The SMILES string of the molecule is Cc1nn(C)c(F)c1C=NNC(=O)c1cc(C2CC2)nc2c1c(C)nn2C. The summed E-state index contributed by atoms with van der Waals surface area (Å²) in [7, 11) is 3.32. The van der Waals surface area contributed by atoms with Gasteiger partial charge in [0, 0.05) is 25.7 Å². The number of hydrogen-bond donors (Lipinski definition) is 1. The number of carbonyl (C=O) groups excluding carboxylic acids is 1. The Kier molecular flexibility index (Phi) is 4.01. The van der Waals surface area contributed by atoms with Crippen LogP contribution in [-0.4, -0.2) is 36.7 Å². The summed E-state index contributed by atoms with van der Waals surface area (Å²) in [6.45, 7) is 3.52. The van der Waals surface area contributed by atoms with Crippen LogP contribution in [0.1, 0.15) is 51.8 Å². The molecule has 1 saturated carbocycles. The predicted molar refractivity (Wildman–Crippen MR) is 98.2 cm³/mol. The van der Waals surface area contributed by atoms with E-state index in [2.05, 4.69) is 25.7 Å². The Balaban J connectivity index is 1.67. The summed E-state index contributed by atoms with van der Waals surface area (Å²) >= 11 is 0. The molecular weight excluding hydrogens is 349 g/mol. The van der Waals surface area contributed by atoms with E-state index in [-0.39, 0.29) is 11.5 Å². The Morgan fingerprint density at radius 2 is 1.96 bits per heavy atom. The average molecular weight is 369 g/mol. The van der Waals surface area contributed by atoms with E-state index in [0.29, 0.717) is 28.2 Å². The lowest BCUT2D eigenvalue weighted by atomic mass is 10.1. The van der Waals surface area contributed by atoms with Crippen molar-refractivity contribution in [2.24, 2.45) is 19.2 Å². The van der Waals surface area contributed by atoms with Crippen molar-refractivity contribution in [1.29, 1.82) is 0 Å². The monoisotopic (exact) mass is 369 g/mol. The van der Waals surface area contributed by atoms with Crippen LogP contribution in [0.3, 0.4) is 0 Å². The number of aromatic nitrogens is 5. The minimum Gasteiger partial charge on any atom is -0.267 e. The summed E-state index contributed by atoms with van der Waals surface area (Å²) in [4.78, 5) is 17.5. The summed E-state index contributed by atoms with van der Waals surface area (Å²) in [6.07, 6.45) is 3.42. The van der Waals surface area contributed by atoms with Gasteiger partial charge in [-0.05, 0) is 32.8 Å². The van der Waals surface area contributed by atoms with Crippen LogP contribution in [0.25, 0.3) is 11.0 Å². The maximum absolute atomic E-state index is 14.0. The predicted octanol–water partition coefficient (Wildman–Crippen LogP) is 2.10. The number of nitrogens with one attached hydrogen (secondary N) is 1. The molecule has 140 valence electrons. The molecule has 9 heteroatoms. The van der Waals surface area contributed by atoms with Gasteiger partial charge in [-0.3, -0.25) is 9.48 Å². The molecule has 1 aliphatic rings. The molecule has 0 unspecified atom stereocenters. The molecule has 1 fully saturated rings. The first-order valence-electron chi connectivity index (χ1n) is 8.73. The molecule has 1 amide bonds. The van der Waals surface area contributed by atoms with Gasteiger partial charge in [-0.15, -0.1) is 0 Å². The zero-order chi connectivity index (χ0) is 19.3. The molecule has 0 radical (unpaired) electrons. The van der Waals surface area contributed by atoms with Gasteiger partial charge in [0.05, 0.1) is 34.1 Å². The highest BCUT2D eigenvalue weighted by Crippen LogP contribution is 2.40. The highest BCUT2D eigenvalue weighted by atomic mass is 19.1. The maximum Gasteiger partial charge on any atom is 0.272 e. The van der Waals surface area contributed by atoms with Crippen molar-refractivity contribution in [3.63, 3.8) is 0 Å². The fourth-order valence-corrected chi connectivity index (χ4v) is 3.24. The summed E-state index contributed by atoms with van der Waals surface area (Å²) in [6, 6.07) is 1.81. The van der Waals surface area contributed by atoms with Crippen molar-refractivity contribution in [1.82, 2.24) is 30.0 Å². The van der Waals surface area contributed by atoms with Crippen molar-refractivity contribution in [3.8, 4) is 0 Å². The largest absolute Gasteiger partial charge is 0.272 e. The number of aryl methyl sites for hydroxylation is 4. The third-order valence-corrected chi connectivity index (χ3v) is 4.78. The van der Waals surface area contributed by atoms with Crippen molar-refractivity contribution in [2.45, 2.75) is 32.6 Å². The van der Waals surface area contributed by atoms with E-state index in [1.165, 1.54) is 13.3 Å². The second-order valence-electron chi connectivity index (χ2n) is 6.89. The highest BCUT2D eigenvalue weighted by molar-refractivity contribution is 6.06. The molecule has 0 bridgehead atoms. The first-order chi connectivity index (χ1) is 12.9. The van der Waals surface area contributed by atoms with E-state index >= 15 is 0 Å². The first kappa shape index (κ1) is 17.3. The molecule has 1 N–H and O–H groups in total. The van der Waals surface area contributed by atoms with E-state index in [9.17, 15) is 9.18 Å². The molecule has 1 aliphatic carbocycles. The maximum atomic E-state index is 14.0.